The predicted molar refractivity (Wildman–Crippen MR) is 89.7 cm³/mol. The van der Waals surface area contributed by atoms with Crippen LogP contribution >= 0.6 is 0 Å². The summed E-state index contributed by atoms with van der Waals surface area (Å²) >= 11 is 0. The van der Waals surface area contributed by atoms with Crippen LogP contribution in [0.15, 0.2) is 23.0 Å². The van der Waals surface area contributed by atoms with E-state index < -0.39 is 0 Å². The molecule has 1 aliphatic heterocycles. The highest BCUT2D eigenvalue weighted by Gasteiger charge is 2.33. The van der Waals surface area contributed by atoms with Crippen molar-refractivity contribution in [2.24, 2.45) is 7.05 Å². The zero-order valence-corrected chi connectivity index (χ0v) is 14.5. The molecule has 0 aromatic carbocycles. The molecule has 2 aromatic rings. The maximum absolute atomic E-state index is 13.0. The van der Waals surface area contributed by atoms with Gasteiger partial charge in [0.2, 0.25) is 5.76 Å². The Hall–Kier alpha value is -2.15. The molecule has 0 spiro atoms. The summed E-state index contributed by atoms with van der Waals surface area (Å²) in [5, 5.41) is 7.46. The zero-order chi connectivity index (χ0) is 17.1. The standard InChI is InChI=1S/C17H25N5O2/c1-4-12(5-2)13-10-15(24-20-13)17(23)22-9-6-18-11-14(22)16-19-7-8-21(16)3/h7-8,10,12,14,18H,4-6,9,11H2,1-3H3. The van der Waals surface area contributed by atoms with Crippen LogP contribution in [0, 0.1) is 0 Å². The van der Waals surface area contributed by atoms with E-state index in [2.05, 4.69) is 29.3 Å². The Bertz CT molecular complexity index is 689. The Morgan fingerprint density at radius 1 is 1.46 bits per heavy atom. The van der Waals surface area contributed by atoms with Gasteiger partial charge < -0.3 is 19.3 Å². The Morgan fingerprint density at radius 3 is 2.92 bits per heavy atom. The monoisotopic (exact) mass is 331 g/mol. The number of aromatic nitrogens is 3. The Kier molecular flexibility index (Phi) is 4.99. The van der Waals surface area contributed by atoms with Gasteiger partial charge in [-0.2, -0.15) is 0 Å². The molecule has 1 saturated heterocycles. The molecule has 7 heteroatoms. The molecular formula is C17H25N5O2. The van der Waals surface area contributed by atoms with Crippen LogP contribution in [0.3, 0.4) is 0 Å². The number of aryl methyl sites for hydroxylation is 1. The number of piperazine rings is 1. The topological polar surface area (TPSA) is 76.2 Å². The largest absolute Gasteiger partial charge is 0.351 e. The number of rotatable bonds is 5. The number of nitrogens with one attached hydrogen (secondary N) is 1. The van der Waals surface area contributed by atoms with Gasteiger partial charge in [-0.25, -0.2) is 4.98 Å². The summed E-state index contributed by atoms with van der Waals surface area (Å²) in [7, 11) is 1.94. The number of hydrogen-bond acceptors (Lipinski definition) is 5. The van der Waals surface area contributed by atoms with Gasteiger partial charge in [0.1, 0.15) is 11.9 Å². The van der Waals surface area contributed by atoms with Crippen molar-refractivity contribution in [1.29, 1.82) is 0 Å². The Labute approximate surface area is 142 Å². The number of hydrogen-bond donors (Lipinski definition) is 1. The van der Waals surface area contributed by atoms with Crippen molar-refractivity contribution in [2.75, 3.05) is 19.6 Å². The summed E-state index contributed by atoms with van der Waals surface area (Å²) in [5.74, 6) is 1.41. The first-order valence-electron chi connectivity index (χ1n) is 8.61. The third kappa shape index (κ3) is 3.08. The summed E-state index contributed by atoms with van der Waals surface area (Å²) in [5.41, 5.74) is 0.868. The highest BCUT2D eigenvalue weighted by atomic mass is 16.5. The van der Waals surface area contributed by atoms with Crippen molar-refractivity contribution in [3.63, 3.8) is 0 Å². The van der Waals surface area contributed by atoms with Crippen molar-refractivity contribution in [2.45, 2.75) is 38.6 Å². The van der Waals surface area contributed by atoms with E-state index in [0.717, 1.165) is 30.9 Å². The fourth-order valence-electron chi connectivity index (χ4n) is 3.31. The van der Waals surface area contributed by atoms with Crippen LogP contribution in [0.5, 0.6) is 0 Å². The molecule has 0 saturated carbocycles. The van der Waals surface area contributed by atoms with Gasteiger partial charge in [0.25, 0.3) is 5.91 Å². The predicted octanol–water partition coefficient (Wildman–Crippen LogP) is 2.10. The average molecular weight is 331 g/mol. The smallest absolute Gasteiger partial charge is 0.293 e. The molecule has 1 aliphatic rings. The summed E-state index contributed by atoms with van der Waals surface area (Å²) < 4.78 is 7.32. The second-order valence-corrected chi connectivity index (χ2v) is 6.24. The van der Waals surface area contributed by atoms with E-state index in [1.54, 1.807) is 12.3 Å². The van der Waals surface area contributed by atoms with E-state index in [-0.39, 0.29) is 11.9 Å². The minimum absolute atomic E-state index is 0.104. The summed E-state index contributed by atoms with van der Waals surface area (Å²) in [6, 6.07) is 1.70. The number of carbonyl (C=O) groups is 1. The van der Waals surface area contributed by atoms with Crippen LogP contribution < -0.4 is 5.32 Å². The van der Waals surface area contributed by atoms with Crippen molar-refractivity contribution in [3.8, 4) is 0 Å². The van der Waals surface area contributed by atoms with Crippen LogP contribution in [0.4, 0.5) is 0 Å². The van der Waals surface area contributed by atoms with E-state index >= 15 is 0 Å². The molecule has 3 rings (SSSR count). The fraction of sp³-hybridized carbons (Fsp3) is 0.588. The molecule has 130 valence electrons. The molecule has 3 heterocycles. The molecule has 1 fully saturated rings. The van der Waals surface area contributed by atoms with E-state index in [1.165, 1.54) is 0 Å². The van der Waals surface area contributed by atoms with E-state index in [4.69, 9.17) is 4.52 Å². The van der Waals surface area contributed by atoms with Gasteiger partial charge in [-0.3, -0.25) is 4.79 Å². The summed E-state index contributed by atoms with van der Waals surface area (Å²) in [6.07, 6.45) is 5.62. The molecule has 1 unspecified atom stereocenters. The first-order valence-corrected chi connectivity index (χ1v) is 8.61. The average Bonchev–Trinajstić information content (AvgIpc) is 3.25. The third-order valence-corrected chi connectivity index (χ3v) is 4.80. The molecule has 1 N–H and O–H groups in total. The van der Waals surface area contributed by atoms with Gasteiger partial charge in [0.15, 0.2) is 0 Å². The van der Waals surface area contributed by atoms with Crippen molar-refractivity contribution in [1.82, 2.24) is 24.9 Å². The Morgan fingerprint density at radius 2 is 2.25 bits per heavy atom. The maximum atomic E-state index is 13.0. The number of imidazole rings is 1. The van der Waals surface area contributed by atoms with Crippen LogP contribution in [0.1, 0.15) is 60.7 Å². The lowest BCUT2D eigenvalue weighted by Crippen LogP contribution is -2.49. The minimum atomic E-state index is -0.116. The SMILES string of the molecule is CCC(CC)c1cc(C(=O)N2CCNCC2c2nccn2C)on1. The molecule has 0 bridgehead atoms. The van der Waals surface area contributed by atoms with Crippen molar-refractivity contribution in [3.05, 3.63) is 35.7 Å². The lowest BCUT2D eigenvalue weighted by Gasteiger charge is -2.35. The first-order chi connectivity index (χ1) is 11.7. The second-order valence-electron chi connectivity index (χ2n) is 6.24. The molecule has 1 atom stereocenters. The quantitative estimate of drug-likeness (QED) is 0.908. The van der Waals surface area contributed by atoms with Crippen LogP contribution in [0.25, 0.3) is 0 Å². The van der Waals surface area contributed by atoms with Crippen LogP contribution in [-0.2, 0) is 7.05 Å². The van der Waals surface area contributed by atoms with Crippen LogP contribution in [-0.4, -0.2) is 45.1 Å². The van der Waals surface area contributed by atoms with Gasteiger partial charge in [-0.15, -0.1) is 0 Å². The molecular weight excluding hydrogens is 306 g/mol. The van der Waals surface area contributed by atoms with Gasteiger partial charge >= 0.3 is 0 Å². The normalized spacial score (nSPS) is 18.3. The second kappa shape index (κ2) is 7.17. The maximum Gasteiger partial charge on any atom is 0.293 e. The van der Waals surface area contributed by atoms with Gasteiger partial charge in [-0.05, 0) is 12.8 Å². The highest BCUT2D eigenvalue weighted by Crippen LogP contribution is 2.26. The molecule has 7 nitrogen and oxygen atoms in total. The number of amides is 1. The van der Waals surface area contributed by atoms with E-state index in [0.29, 0.717) is 24.8 Å². The number of nitrogens with zero attached hydrogens (tertiary/aromatic N) is 4. The van der Waals surface area contributed by atoms with Gasteiger partial charge in [0, 0.05) is 51.1 Å². The number of carbonyl (C=O) groups excluding carboxylic acids is 1. The third-order valence-electron chi connectivity index (χ3n) is 4.80. The first kappa shape index (κ1) is 16.7. The highest BCUT2D eigenvalue weighted by molar-refractivity contribution is 5.91. The van der Waals surface area contributed by atoms with Gasteiger partial charge in [0.05, 0.1) is 5.69 Å². The van der Waals surface area contributed by atoms with Crippen molar-refractivity contribution >= 4 is 5.91 Å². The lowest BCUT2D eigenvalue weighted by atomic mass is 9.99. The fourth-order valence-corrected chi connectivity index (χ4v) is 3.31. The van der Waals surface area contributed by atoms with Crippen molar-refractivity contribution < 1.29 is 9.32 Å². The summed E-state index contributed by atoms with van der Waals surface area (Å²) in [6.45, 7) is 6.32. The molecule has 24 heavy (non-hydrogen) atoms. The van der Waals surface area contributed by atoms with Crippen LogP contribution in [0.2, 0.25) is 0 Å². The molecule has 0 radical (unpaired) electrons. The lowest BCUT2D eigenvalue weighted by molar-refractivity contribution is 0.0578. The van der Waals surface area contributed by atoms with E-state index in [9.17, 15) is 4.79 Å². The Balaban J connectivity index is 1.83. The van der Waals surface area contributed by atoms with E-state index in [1.807, 2.05) is 22.7 Å². The minimum Gasteiger partial charge on any atom is -0.351 e. The zero-order valence-electron chi connectivity index (χ0n) is 14.5. The molecule has 1 amide bonds. The molecule has 0 aliphatic carbocycles. The molecule has 2 aromatic heterocycles. The summed E-state index contributed by atoms with van der Waals surface area (Å²) in [4.78, 5) is 19.2. The van der Waals surface area contributed by atoms with Gasteiger partial charge in [-0.1, -0.05) is 19.0 Å².